The highest BCUT2D eigenvalue weighted by atomic mass is 15.2. The van der Waals surface area contributed by atoms with Crippen molar-refractivity contribution in [3.63, 3.8) is 0 Å². The zero-order valence-electron chi connectivity index (χ0n) is 6.30. The van der Waals surface area contributed by atoms with Crippen molar-refractivity contribution in [3.05, 3.63) is 0 Å². The summed E-state index contributed by atoms with van der Waals surface area (Å²) in [7, 11) is 4.09. The molecule has 9 heavy (non-hydrogen) atoms. The van der Waals surface area contributed by atoms with Crippen LogP contribution in [0.15, 0.2) is 0 Å². The second kappa shape index (κ2) is 2.67. The molecule has 0 bridgehead atoms. The largest absolute Gasteiger partial charge is 0.316 e. The second-order valence-corrected chi connectivity index (χ2v) is 3.15. The minimum Gasteiger partial charge on any atom is -0.316 e. The summed E-state index contributed by atoms with van der Waals surface area (Å²) in [5.41, 5.74) is 5.85. The molecule has 1 aliphatic carbocycles. The van der Waals surface area contributed by atoms with Gasteiger partial charge in [-0.25, -0.2) is 0 Å². The first-order chi connectivity index (χ1) is 4.22. The first-order valence-electron chi connectivity index (χ1n) is 3.64. The Hall–Kier alpha value is -0.0800. The third-order valence-electron chi connectivity index (χ3n) is 2.23. The molecule has 0 aromatic heterocycles. The minimum absolute atomic E-state index is 0.304. The lowest BCUT2D eigenvalue weighted by Gasteiger charge is -2.34. The Bertz CT molecular complexity index is 86.9. The second-order valence-electron chi connectivity index (χ2n) is 3.15. The van der Waals surface area contributed by atoms with Gasteiger partial charge < -0.3 is 5.73 Å². The topological polar surface area (TPSA) is 29.3 Å². The van der Waals surface area contributed by atoms with Crippen LogP contribution in [0.3, 0.4) is 0 Å². The van der Waals surface area contributed by atoms with Crippen molar-refractivity contribution in [1.82, 2.24) is 4.90 Å². The fourth-order valence-corrected chi connectivity index (χ4v) is 1.20. The summed E-state index contributed by atoms with van der Waals surface area (Å²) >= 11 is 0. The van der Waals surface area contributed by atoms with Crippen LogP contribution < -0.4 is 5.73 Å². The Labute approximate surface area is 57.0 Å². The quantitative estimate of drug-likeness (QED) is 0.553. The maximum Gasteiger partial charge on any atom is 0.0595 e. The summed E-state index contributed by atoms with van der Waals surface area (Å²) in [6.07, 6.45) is 4.35. The molecule has 1 fully saturated rings. The maximum atomic E-state index is 5.85. The van der Waals surface area contributed by atoms with E-state index in [4.69, 9.17) is 5.73 Å². The first-order valence-corrected chi connectivity index (χ1v) is 3.64. The van der Waals surface area contributed by atoms with Gasteiger partial charge in [0.2, 0.25) is 0 Å². The van der Waals surface area contributed by atoms with Crippen LogP contribution in [-0.4, -0.2) is 25.2 Å². The Morgan fingerprint density at radius 3 is 2.11 bits per heavy atom. The summed E-state index contributed by atoms with van der Waals surface area (Å²) in [6.45, 7) is 0. The van der Waals surface area contributed by atoms with Crippen molar-refractivity contribution in [2.24, 2.45) is 11.7 Å². The molecule has 0 aromatic carbocycles. The maximum absolute atomic E-state index is 5.85. The average molecular weight is 128 g/mol. The SMILES string of the molecule is CN(C)C(N)C1CCC1. The van der Waals surface area contributed by atoms with Gasteiger partial charge in [0.25, 0.3) is 0 Å². The van der Waals surface area contributed by atoms with Crippen molar-refractivity contribution in [3.8, 4) is 0 Å². The van der Waals surface area contributed by atoms with Crippen LogP contribution in [0, 0.1) is 5.92 Å². The van der Waals surface area contributed by atoms with Crippen LogP contribution in [0.2, 0.25) is 0 Å². The van der Waals surface area contributed by atoms with Crippen LogP contribution in [0.4, 0.5) is 0 Å². The molecule has 0 spiro atoms. The Kier molecular flexibility index (Phi) is 2.09. The number of nitrogens with two attached hydrogens (primary N) is 1. The molecule has 1 atom stereocenters. The molecule has 0 aromatic rings. The van der Waals surface area contributed by atoms with Gasteiger partial charge in [0.05, 0.1) is 6.17 Å². The molecular formula is C7H16N2. The number of rotatable bonds is 2. The average Bonchev–Trinajstić information content (AvgIpc) is 1.60. The van der Waals surface area contributed by atoms with Gasteiger partial charge in [-0.15, -0.1) is 0 Å². The zero-order valence-corrected chi connectivity index (χ0v) is 6.30. The van der Waals surface area contributed by atoms with Gasteiger partial charge in [-0.3, -0.25) is 4.90 Å². The lowest BCUT2D eigenvalue weighted by atomic mass is 9.83. The van der Waals surface area contributed by atoms with E-state index in [1.165, 1.54) is 19.3 Å². The van der Waals surface area contributed by atoms with Crippen molar-refractivity contribution < 1.29 is 0 Å². The molecule has 2 heteroatoms. The van der Waals surface area contributed by atoms with Crippen LogP contribution in [-0.2, 0) is 0 Å². The van der Waals surface area contributed by atoms with E-state index >= 15 is 0 Å². The van der Waals surface area contributed by atoms with E-state index < -0.39 is 0 Å². The molecule has 1 rings (SSSR count). The van der Waals surface area contributed by atoms with Crippen molar-refractivity contribution in [2.75, 3.05) is 14.1 Å². The fraction of sp³-hybridized carbons (Fsp3) is 1.00. The van der Waals surface area contributed by atoms with Crippen molar-refractivity contribution in [1.29, 1.82) is 0 Å². The van der Waals surface area contributed by atoms with Crippen molar-refractivity contribution >= 4 is 0 Å². The molecule has 2 N–H and O–H groups in total. The molecule has 0 aliphatic heterocycles. The molecule has 0 heterocycles. The first kappa shape index (κ1) is 7.03. The van der Waals surface area contributed by atoms with Gasteiger partial charge in [0.15, 0.2) is 0 Å². The summed E-state index contributed by atoms with van der Waals surface area (Å²) in [5.74, 6) is 0.778. The highest BCUT2D eigenvalue weighted by Gasteiger charge is 2.25. The van der Waals surface area contributed by atoms with E-state index in [0.29, 0.717) is 6.17 Å². The molecule has 1 saturated carbocycles. The third kappa shape index (κ3) is 1.43. The molecule has 0 radical (unpaired) electrons. The molecular weight excluding hydrogens is 112 g/mol. The Balaban J connectivity index is 2.23. The minimum atomic E-state index is 0.304. The van der Waals surface area contributed by atoms with E-state index in [2.05, 4.69) is 4.90 Å². The molecule has 1 unspecified atom stereocenters. The van der Waals surface area contributed by atoms with E-state index in [1.807, 2.05) is 14.1 Å². The van der Waals surface area contributed by atoms with E-state index in [-0.39, 0.29) is 0 Å². The van der Waals surface area contributed by atoms with Gasteiger partial charge in [0.1, 0.15) is 0 Å². The van der Waals surface area contributed by atoms with Crippen molar-refractivity contribution in [2.45, 2.75) is 25.4 Å². The summed E-state index contributed by atoms with van der Waals surface area (Å²) in [5, 5.41) is 0. The lowest BCUT2D eigenvalue weighted by Crippen LogP contribution is -2.45. The number of nitrogens with zero attached hydrogens (tertiary/aromatic N) is 1. The smallest absolute Gasteiger partial charge is 0.0595 e. The van der Waals surface area contributed by atoms with E-state index in [0.717, 1.165) is 5.92 Å². The molecule has 0 saturated heterocycles. The molecule has 1 aliphatic rings. The number of hydrogen-bond acceptors (Lipinski definition) is 2. The summed E-state index contributed by atoms with van der Waals surface area (Å²) < 4.78 is 0. The standard InChI is InChI=1S/C7H16N2/c1-9(2)7(8)6-4-3-5-6/h6-7H,3-5,8H2,1-2H3. The van der Waals surface area contributed by atoms with Crippen LogP contribution in [0.5, 0.6) is 0 Å². The van der Waals surface area contributed by atoms with Gasteiger partial charge in [-0.2, -0.15) is 0 Å². The van der Waals surface area contributed by atoms with E-state index in [1.54, 1.807) is 0 Å². The lowest BCUT2D eigenvalue weighted by molar-refractivity contribution is 0.146. The molecule has 54 valence electrons. The highest BCUT2D eigenvalue weighted by molar-refractivity contribution is 4.77. The van der Waals surface area contributed by atoms with Gasteiger partial charge in [0, 0.05) is 0 Å². The predicted molar refractivity (Wildman–Crippen MR) is 39.0 cm³/mol. The fourth-order valence-electron chi connectivity index (χ4n) is 1.20. The summed E-state index contributed by atoms with van der Waals surface area (Å²) in [4.78, 5) is 2.10. The molecule has 0 amide bonds. The van der Waals surface area contributed by atoms with Crippen LogP contribution in [0.25, 0.3) is 0 Å². The normalized spacial score (nSPS) is 24.0. The Morgan fingerprint density at radius 2 is 2.00 bits per heavy atom. The predicted octanol–water partition coefficient (Wildman–Crippen LogP) is 0.633. The zero-order chi connectivity index (χ0) is 6.85. The third-order valence-corrected chi connectivity index (χ3v) is 2.23. The monoisotopic (exact) mass is 128 g/mol. The summed E-state index contributed by atoms with van der Waals surface area (Å²) in [6, 6.07) is 0. The van der Waals surface area contributed by atoms with Gasteiger partial charge >= 0.3 is 0 Å². The van der Waals surface area contributed by atoms with Gasteiger partial charge in [-0.05, 0) is 32.9 Å². The van der Waals surface area contributed by atoms with Crippen LogP contribution in [0.1, 0.15) is 19.3 Å². The molecule has 2 nitrogen and oxygen atoms in total. The highest BCUT2D eigenvalue weighted by Crippen LogP contribution is 2.28. The van der Waals surface area contributed by atoms with Gasteiger partial charge in [-0.1, -0.05) is 6.42 Å². The van der Waals surface area contributed by atoms with E-state index in [9.17, 15) is 0 Å². The number of hydrogen-bond donors (Lipinski definition) is 1. The Morgan fingerprint density at radius 1 is 1.44 bits per heavy atom. The van der Waals surface area contributed by atoms with Crippen LogP contribution >= 0.6 is 0 Å².